The highest BCUT2D eigenvalue weighted by Crippen LogP contribution is 2.43. The number of hydrogen-bond acceptors (Lipinski definition) is 1. The van der Waals surface area contributed by atoms with Crippen LogP contribution in [0.25, 0.3) is 0 Å². The maximum atomic E-state index is 12.1. The summed E-state index contributed by atoms with van der Waals surface area (Å²) < 4.78 is 0. The molecule has 1 saturated carbocycles. The first kappa shape index (κ1) is 10.7. The number of carbonyl (C=O) groups excluding carboxylic acids is 1. The van der Waals surface area contributed by atoms with Crippen molar-refractivity contribution in [2.45, 2.75) is 32.6 Å². The first-order valence-corrected chi connectivity index (χ1v) is 6.15. The summed E-state index contributed by atoms with van der Waals surface area (Å²) in [5, 5.41) is 0. The normalized spacial score (nSPS) is 32.3. The van der Waals surface area contributed by atoms with Gasteiger partial charge in [-0.05, 0) is 31.1 Å². The molecule has 0 heterocycles. The van der Waals surface area contributed by atoms with Gasteiger partial charge in [-0.2, -0.15) is 0 Å². The zero-order valence-electron chi connectivity index (χ0n) is 9.78. The van der Waals surface area contributed by atoms with Crippen molar-refractivity contribution in [1.29, 1.82) is 0 Å². The van der Waals surface area contributed by atoms with Crippen LogP contribution in [0.15, 0.2) is 12.2 Å². The second kappa shape index (κ2) is 4.38. The quantitative estimate of drug-likeness (QED) is 0.648. The second-order valence-electron chi connectivity index (χ2n) is 5.00. The molecule has 2 nitrogen and oxygen atoms in total. The molecule has 0 spiro atoms. The fraction of sp³-hybridized carbons (Fsp3) is 0.769. The molecule has 0 aromatic rings. The first-order valence-electron chi connectivity index (χ1n) is 6.15. The Bertz CT molecular complexity index is 272. The number of allylic oxidation sites excluding steroid dienone is 2. The van der Waals surface area contributed by atoms with Crippen LogP contribution in [0.2, 0.25) is 0 Å². The highest BCUT2D eigenvalue weighted by atomic mass is 16.2. The molecule has 3 unspecified atom stereocenters. The highest BCUT2D eigenvalue weighted by molar-refractivity contribution is 5.79. The van der Waals surface area contributed by atoms with Crippen molar-refractivity contribution in [2.75, 3.05) is 13.6 Å². The molecule has 0 aromatic carbocycles. The molecule has 2 rings (SSSR count). The van der Waals surface area contributed by atoms with Crippen LogP contribution in [-0.2, 0) is 4.79 Å². The molecule has 2 aliphatic rings. The molecule has 0 N–H and O–H groups in total. The fourth-order valence-corrected chi connectivity index (χ4v) is 2.85. The Labute approximate surface area is 92.3 Å². The minimum absolute atomic E-state index is 0.293. The standard InChI is InChI=1S/C13H21NO/c1-3-4-7-14(2)13(15)12-9-10-5-6-11(12)8-10/h5-6,10-12H,3-4,7-9H2,1-2H3. The van der Waals surface area contributed by atoms with Gasteiger partial charge in [0.15, 0.2) is 0 Å². The zero-order valence-corrected chi connectivity index (χ0v) is 9.78. The summed E-state index contributed by atoms with van der Waals surface area (Å²) in [6.45, 7) is 3.09. The summed E-state index contributed by atoms with van der Waals surface area (Å²) in [6, 6.07) is 0. The number of unbranched alkanes of at least 4 members (excludes halogenated alkanes) is 1. The van der Waals surface area contributed by atoms with Crippen LogP contribution in [0, 0.1) is 17.8 Å². The van der Waals surface area contributed by atoms with Gasteiger partial charge in [0.1, 0.15) is 0 Å². The van der Waals surface area contributed by atoms with Gasteiger partial charge in [0.25, 0.3) is 0 Å². The molecule has 1 amide bonds. The van der Waals surface area contributed by atoms with Gasteiger partial charge in [0.2, 0.25) is 5.91 Å². The van der Waals surface area contributed by atoms with E-state index in [1.807, 2.05) is 11.9 Å². The Hall–Kier alpha value is -0.790. The number of amides is 1. The van der Waals surface area contributed by atoms with Gasteiger partial charge in [-0.1, -0.05) is 25.5 Å². The van der Waals surface area contributed by atoms with Crippen molar-refractivity contribution >= 4 is 5.91 Å². The molecule has 15 heavy (non-hydrogen) atoms. The average molecular weight is 207 g/mol. The Balaban J connectivity index is 1.88. The van der Waals surface area contributed by atoms with Crippen LogP contribution in [0.3, 0.4) is 0 Å². The minimum Gasteiger partial charge on any atom is -0.346 e. The number of nitrogens with zero attached hydrogens (tertiary/aromatic N) is 1. The lowest BCUT2D eigenvalue weighted by Gasteiger charge is -2.24. The Morgan fingerprint density at radius 3 is 2.73 bits per heavy atom. The molecule has 2 bridgehead atoms. The van der Waals surface area contributed by atoms with Crippen LogP contribution in [0.1, 0.15) is 32.6 Å². The van der Waals surface area contributed by atoms with Crippen LogP contribution in [0.5, 0.6) is 0 Å². The summed E-state index contributed by atoms with van der Waals surface area (Å²) in [4.78, 5) is 14.1. The lowest BCUT2D eigenvalue weighted by molar-refractivity contribution is -0.135. The molecular formula is C13H21NO. The third kappa shape index (κ3) is 2.09. The van der Waals surface area contributed by atoms with E-state index in [0.29, 0.717) is 23.7 Å². The molecule has 0 aliphatic heterocycles. The highest BCUT2D eigenvalue weighted by Gasteiger charge is 2.40. The van der Waals surface area contributed by atoms with Gasteiger partial charge in [-0.15, -0.1) is 0 Å². The van der Waals surface area contributed by atoms with Crippen molar-refractivity contribution < 1.29 is 4.79 Å². The monoisotopic (exact) mass is 207 g/mol. The summed E-state index contributed by atoms with van der Waals surface area (Å²) in [5.74, 6) is 1.91. The maximum absolute atomic E-state index is 12.1. The van der Waals surface area contributed by atoms with E-state index in [0.717, 1.165) is 25.8 Å². The molecule has 1 fully saturated rings. The second-order valence-corrected chi connectivity index (χ2v) is 5.00. The van der Waals surface area contributed by atoms with Crippen molar-refractivity contribution in [1.82, 2.24) is 4.90 Å². The molecule has 2 aliphatic carbocycles. The first-order chi connectivity index (χ1) is 7.22. The van der Waals surface area contributed by atoms with Crippen molar-refractivity contribution in [3.05, 3.63) is 12.2 Å². The third-order valence-corrected chi connectivity index (χ3v) is 3.82. The van der Waals surface area contributed by atoms with Gasteiger partial charge >= 0.3 is 0 Å². The summed E-state index contributed by atoms with van der Waals surface area (Å²) in [5.41, 5.74) is 0. The lowest BCUT2D eigenvalue weighted by Crippen LogP contribution is -2.35. The van der Waals surface area contributed by atoms with E-state index in [9.17, 15) is 4.79 Å². The lowest BCUT2D eigenvalue weighted by atomic mass is 9.92. The number of carbonyl (C=O) groups is 1. The van der Waals surface area contributed by atoms with Crippen molar-refractivity contribution in [3.8, 4) is 0 Å². The number of rotatable bonds is 4. The zero-order chi connectivity index (χ0) is 10.8. The van der Waals surface area contributed by atoms with E-state index in [2.05, 4.69) is 19.1 Å². The third-order valence-electron chi connectivity index (χ3n) is 3.82. The smallest absolute Gasteiger partial charge is 0.226 e. The van der Waals surface area contributed by atoms with E-state index in [1.165, 1.54) is 6.42 Å². The van der Waals surface area contributed by atoms with Gasteiger partial charge < -0.3 is 4.90 Å². The van der Waals surface area contributed by atoms with Gasteiger partial charge in [-0.3, -0.25) is 4.79 Å². The fourth-order valence-electron chi connectivity index (χ4n) is 2.85. The number of hydrogen-bond donors (Lipinski definition) is 0. The predicted octanol–water partition coefficient (Wildman–Crippen LogP) is 2.46. The Morgan fingerprint density at radius 1 is 1.40 bits per heavy atom. The Kier molecular flexibility index (Phi) is 3.13. The van der Waals surface area contributed by atoms with Gasteiger partial charge in [-0.25, -0.2) is 0 Å². The summed E-state index contributed by atoms with van der Waals surface area (Å²) >= 11 is 0. The van der Waals surface area contributed by atoms with E-state index >= 15 is 0 Å². The Morgan fingerprint density at radius 2 is 2.20 bits per heavy atom. The summed E-state index contributed by atoms with van der Waals surface area (Å²) in [7, 11) is 1.95. The van der Waals surface area contributed by atoms with Crippen LogP contribution in [-0.4, -0.2) is 24.4 Å². The molecule has 0 saturated heterocycles. The van der Waals surface area contributed by atoms with E-state index < -0.39 is 0 Å². The largest absolute Gasteiger partial charge is 0.346 e. The van der Waals surface area contributed by atoms with Gasteiger partial charge in [0.05, 0.1) is 0 Å². The molecule has 0 radical (unpaired) electrons. The molecular weight excluding hydrogens is 186 g/mol. The van der Waals surface area contributed by atoms with Crippen molar-refractivity contribution in [2.24, 2.45) is 17.8 Å². The SMILES string of the molecule is CCCCN(C)C(=O)C1CC2C=CC1C2. The number of fused-ring (bicyclic) bond motifs is 2. The molecule has 0 aromatic heterocycles. The molecule has 3 atom stereocenters. The summed E-state index contributed by atoms with van der Waals surface area (Å²) in [6.07, 6.45) is 9.15. The molecule has 84 valence electrons. The van der Waals surface area contributed by atoms with Crippen LogP contribution < -0.4 is 0 Å². The van der Waals surface area contributed by atoms with E-state index in [-0.39, 0.29) is 0 Å². The topological polar surface area (TPSA) is 20.3 Å². The maximum Gasteiger partial charge on any atom is 0.226 e. The minimum atomic E-state index is 0.293. The van der Waals surface area contributed by atoms with Crippen molar-refractivity contribution in [3.63, 3.8) is 0 Å². The predicted molar refractivity (Wildman–Crippen MR) is 61.4 cm³/mol. The average Bonchev–Trinajstić information content (AvgIpc) is 2.86. The van der Waals surface area contributed by atoms with Crippen LogP contribution in [0.4, 0.5) is 0 Å². The van der Waals surface area contributed by atoms with E-state index in [1.54, 1.807) is 0 Å². The van der Waals surface area contributed by atoms with Crippen LogP contribution >= 0.6 is 0 Å². The molecule has 2 heteroatoms. The van der Waals surface area contributed by atoms with Gasteiger partial charge in [0, 0.05) is 19.5 Å². The van der Waals surface area contributed by atoms with E-state index in [4.69, 9.17) is 0 Å².